The first-order valence-electron chi connectivity index (χ1n) is 8.53. The summed E-state index contributed by atoms with van der Waals surface area (Å²) in [6.07, 6.45) is 2.32. The summed E-state index contributed by atoms with van der Waals surface area (Å²) >= 11 is 0. The van der Waals surface area contributed by atoms with E-state index < -0.39 is 0 Å². The number of likely N-dealkylation sites (tertiary alicyclic amines) is 1. The minimum Gasteiger partial charge on any atom is -0.486 e. The molecule has 148 valence electrons. The van der Waals surface area contributed by atoms with Gasteiger partial charge in [-0.05, 0) is 44.1 Å². The van der Waals surface area contributed by atoms with Crippen LogP contribution in [-0.4, -0.2) is 55.7 Å². The van der Waals surface area contributed by atoms with Gasteiger partial charge in [-0.1, -0.05) is 0 Å². The zero-order valence-corrected chi connectivity index (χ0v) is 16.6. The molecule has 1 unspecified atom stereocenters. The van der Waals surface area contributed by atoms with E-state index in [0.29, 0.717) is 42.1 Å². The molecule has 0 aliphatic carbocycles. The van der Waals surface area contributed by atoms with Gasteiger partial charge in [-0.25, -0.2) is 4.98 Å². The lowest BCUT2D eigenvalue weighted by atomic mass is 10.1. The highest BCUT2D eigenvalue weighted by molar-refractivity contribution is 5.97. The maximum Gasteiger partial charge on any atom is 0.276 e. The number of fused-ring (bicyclic) bond motifs is 1. The standard InChI is InChI=1S/C18H21N3O4.2ClH/c1-19-9-12-4-5-21(10-12)18(22)16-17(25-11-20-16)13-2-3-14-15(8-13)24-7-6-23-14;;/h2-3,8,11-12,19H,4-7,9-10H2,1H3;2*1H. The van der Waals surface area contributed by atoms with Gasteiger partial charge in [-0.15, -0.1) is 24.8 Å². The van der Waals surface area contributed by atoms with E-state index in [0.717, 1.165) is 31.6 Å². The smallest absolute Gasteiger partial charge is 0.276 e. The van der Waals surface area contributed by atoms with Gasteiger partial charge in [0.15, 0.2) is 29.3 Å². The Morgan fingerprint density at radius 3 is 2.81 bits per heavy atom. The summed E-state index contributed by atoms with van der Waals surface area (Å²) in [4.78, 5) is 18.9. The Balaban J connectivity index is 0.00000131. The second-order valence-electron chi connectivity index (χ2n) is 6.35. The molecule has 1 atom stereocenters. The zero-order chi connectivity index (χ0) is 17.2. The predicted octanol–water partition coefficient (Wildman–Crippen LogP) is 2.64. The summed E-state index contributed by atoms with van der Waals surface area (Å²) in [5.74, 6) is 2.24. The molecule has 1 saturated heterocycles. The van der Waals surface area contributed by atoms with E-state index in [9.17, 15) is 4.79 Å². The largest absolute Gasteiger partial charge is 0.486 e. The minimum atomic E-state index is -0.0859. The molecule has 1 N–H and O–H groups in total. The lowest BCUT2D eigenvalue weighted by molar-refractivity contribution is 0.0782. The van der Waals surface area contributed by atoms with Crippen molar-refractivity contribution in [2.24, 2.45) is 5.92 Å². The Morgan fingerprint density at radius 2 is 2.04 bits per heavy atom. The van der Waals surface area contributed by atoms with Crippen molar-refractivity contribution in [1.82, 2.24) is 15.2 Å². The quantitative estimate of drug-likeness (QED) is 0.826. The van der Waals surface area contributed by atoms with Gasteiger partial charge in [0.1, 0.15) is 13.2 Å². The number of carbonyl (C=O) groups excluding carboxylic acids is 1. The number of oxazole rings is 1. The predicted molar refractivity (Wildman–Crippen MR) is 105 cm³/mol. The Labute approximate surface area is 170 Å². The SMILES string of the molecule is CNCC1CCN(C(=O)c2ncoc2-c2ccc3c(c2)OCCO3)C1.Cl.Cl. The normalized spacial score (nSPS) is 17.8. The molecular weight excluding hydrogens is 393 g/mol. The molecule has 27 heavy (non-hydrogen) atoms. The summed E-state index contributed by atoms with van der Waals surface area (Å²) in [5.41, 5.74) is 1.11. The third-order valence-electron chi connectivity index (χ3n) is 4.64. The molecule has 0 spiro atoms. The first-order chi connectivity index (χ1) is 12.3. The molecule has 1 fully saturated rings. The topological polar surface area (TPSA) is 76.8 Å². The summed E-state index contributed by atoms with van der Waals surface area (Å²) in [7, 11) is 1.93. The van der Waals surface area contributed by atoms with Gasteiger partial charge in [0.2, 0.25) is 0 Å². The number of hydrogen-bond donors (Lipinski definition) is 1. The summed E-state index contributed by atoms with van der Waals surface area (Å²) < 4.78 is 16.7. The first-order valence-corrected chi connectivity index (χ1v) is 8.53. The molecule has 2 aromatic rings. The molecule has 7 nitrogen and oxygen atoms in total. The number of amides is 1. The maximum atomic E-state index is 12.9. The lowest BCUT2D eigenvalue weighted by Gasteiger charge is -2.19. The number of benzene rings is 1. The van der Waals surface area contributed by atoms with E-state index in [1.807, 2.05) is 30.1 Å². The molecule has 2 aliphatic heterocycles. The number of ether oxygens (including phenoxy) is 2. The van der Waals surface area contributed by atoms with Crippen LogP contribution in [0.2, 0.25) is 0 Å². The lowest BCUT2D eigenvalue weighted by Crippen LogP contribution is -2.30. The fourth-order valence-electron chi connectivity index (χ4n) is 3.41. The average molecular weight is 416 g/mol. The monoisotopic (exact) mass is 415 g/mol. The van der Waals surface area contributed by atoms with E-state index in [1.54, 1.807) is 0 Å². The molecule has 0 saturated carbocycles. The number of nitrogens with one attached hydrogen (secondary N) is 1. The van der Waals surface area contributed by atoms with Gasteiger partial charge in [-0.3, -0.25) is 4.79 Å². The number of nitrogens with zero attached hydrogens (tertiary/aromatic N) is 2. The van der Waals surface area contributed by atoms with Crippen molar-refractivity contribution in [3.63, 3.8) is 0 Å². The second kappa shape index (κ2) is 9.30. The van der Waals surface area contributed by atoms with Crippen molar-refractivity contribution >= 4 is 30.7 Å². The van der Waals surface area contributed by atoms with Gasteiger partial charge < -0.3 is 24.1 Å². The summed E-state index contributed by atoms with van der Waals surface area (Å²) in [6, 6.07) is 5.53. The van der Waals surface area contributed by atoms with Gasteiger partial charge >= 0.3 is 0 Å². The van der Waals surface area contributed by atoms with Crippen LogP contribution < -0.4 is 14.8 Å². The van der Waals surface area contributed by atoms with Crippen molar-refractivity contribution in [3.8, 4) is 22.8 Å². The Hall–Kier alpha value is -1.96. The van der Waals surface area contributed by atoms with Crippen LogP contribution in [0.1, 0.15) is 16.9 Å². The van der Waals surface area contributed by atoms with Crippen molar-refractivity contribution in [1.29, 1.82) is 0 Å². The number of rotatable bonds is 4. The number of hydrogen-bond acceptors (Lipinski definition) is 6. The fourth-order valence-corrected chi connectivity index (χ4v) is 3.41. The minimum absolute atomic E-state index is 0. The van der Waals surface area contributed by atoms with Gasteiger partial charge in [0.05, 0.1) is 0 Å². The summed E-state index contributed by atoms with van der Waals surface area (Å²) in [6.45, 7) is 3.46. The first kappa shape index (κ1) is 21.3. The number of halogens is 2. The van der Waals surface area contributed by atoms with Crippen molar-refractivity contribution in [2.45, 2.75) is 6.42 Å². The average Bonchev–Trinajstić information content (AvgIpc) is 3.30. The van der Waals surface area contributed by atoms with Crippen molar-refractivity contribution in [3.05, 3.63) is 30.3 Å². The molecule has 0 radical (unpaired) electrons. The van der Waals surface area contributed by atoms with E-state index in [1.165, 1.54) is 6.39 Å². The van der Waals surface area contributed by atoms with Crippen LogP contribution in [0.25, 0.3) is 11.3 Å². The third-order valence-corrected chi connectivity index (χ3v) is 4.64. The maximum absolute atomic E-state index is 12.9. The summed E-state index contributed by atoms with van der Waals surface area (Å²) in [5, 5.41) is 3.17. The highest BCUT2D eigenvalue weighted by Crippen LogP contribution is 2.35. The number of carbonyl (C=O) groups is 1. The van der Waals surface area contributed by atoms with Gasteiger partial charge in [0.25, 0.3) is 5.91 Å². The molecule has 1 aromatic heterocycles. The Morgan fingerprint density at radius 1 is 1.26 bits per heavy atom. The van der Waals surface area contributed by atoms with Crippen LogP contribution in [0.4, 0.5) is 0 Å². The van der Waals surface area contributed by atoms with Crippen molar-refractivity contribution in [2.75, 3.05) is 39.9 Å². The van der Waals surface area contributed by atoms with Crippen LogP contribution in [0.5, 0.6) is 11.5 Å². The Bertz CT molecular complexity index is 784. The Kier molecular flexibility index (Phi) is 7.35. The van der Waals surface area contributed by atoms with Crippen LogP contribution in [0, 0.1) is 5.92 Å². The van der Waals surface area contributed by atoms with Crippen LogP contribution in [0.3, 0.4) is 0 Å². The molecule has 3 heterocycles. The van der Waals surface area contributed by atoms with Crippen molar-refractivity contribution < 1.29 is 18.7 Å². The van der Waals surface area contributed by atoms with E-state index >= 15 is 0 Å². The van der Waals surface area contributed by atoms with Crippen LogP contribution in [0.15, 0.2) is 29.0 Å². The second-order valence-corrected chi connectivity index (χ2v) is 6.35. The molecular formula is C18H23Cl2N3O4. The van der Waals surface area contributed by atoms with E-state index in [2.05, 4.69) is 10.3 Å². The third kappa shape index (κ3) is 4.31. The van der Waals surface area contributed by atoms with E-state index in [4.69, 9.17) is 13.9 Å². The molecule has 2 aliphatic rings. The number of aromatic nitrogens is 1. The van der Waals surface area contributed by atoms with Gasteiger partial charge in [0, 0.05) is 18.7 Å². The van der Waals surface area contributed by atoms with Crippen LogP contribution >= 0.6 is 24.8 Å². The van der Waals surface area contributed by atoms with E-state index in [-0.39, 0.29) is 30.7 Å². The molecule has 1 aromatic carbocycles. The highest BCUT2D eigenvalue weighted by atomic mass is 35.5. The molecule has 0 bridgehead atoms. The molecule has 4 rings (SSSR count). The van der Waals surface area contributed by atoms with Crippen LogP contribution in [-0.2, 0) is 0 Å². The highest BCUT2D eigenvalue weighted by Gasteiger charge is 2.30. The zero-order valence-electron chi connectivity index (χ0n) is 15.0. The molecule has 9 heteroatoms. The fraction of sp³-hybridized carbons (Fsp3) is 0.444. The molecule has 1 amide bonds. The van der Waals surface area contributed by atoms with Gasteiger partial charge in [-0.2, -0.15) is 0 Å².